The number of rotatable bonds is 9. The molecule has 9 nitrogen and oxygen atoms in total. The van der Waals surface area contributed by atoms with Crippen molar-refractivity contribution in [1.82, 2.24) is 14.1 Å². The number of hydrogen-bond acceptors (Lipinski definition) is 7. The Morgan fingerprint density at radius 2 is 1.61 bits per heavy atom. The summed E-state index contributed by atoms with van der Waals surface area (Å²) in [5.74, 6) is -1.73. The Kier molecular flexibility index (Phi) is 8.67. The van der Waals surface area contributed by atoms with Gasteiger partial charge >= 0.3 is 0 Å². The lowest BCUT2D eigenvalue weighted by molar-refractivity contribution is -0.140. The average Bonchev–Trinajstić information content (AvgIpc) is 3.19. The smallest absolute Gasteiger partial charge is 0.295 e. The number of aliphatic hydroxyl groups excluding tert-OH is 1. The van der Waals surface area contributed by atoms with E-state index >= 15 is 0 Å². The van der Waals surface area contributed by atoms with Crippen LogP contribution in [0.15, 0.2) is 59.0 Å². The lowest BCUT2D eigenvalue weighted by Gasteiger charge is -2.28. The monoisotopic (exact) mass is 541 g/mol. The van der Waals surface area contributed by atoms with E-state index in [1.54, 1.807) is 0 Å². The SMILES string of the molecule is CCN(CC)CCN1C(=O)C(=O)C(=C(O)c2ccc(S(=O)(=O)N3CCOCC3)cc2)[C@H]1c1ccc(C)cc1. The fourth-order valence-electron chi connectivity index (χ4n) is 4.87. The van der Waals surface area contributed by atoms with Crippen LogP contribution in [-0.2, 0) is 24.3 Å². The molecule has 2 aromatic rings. The maximum Gasteiger partial charge on any atom is 0.295 e. The Bertz CT molecular complexity index is 1300. The number of likely N-dealkylation sites (N-methyl/N-ethyl adjacent to an activating group) is 1. The van der Waals surface area contributed by atoms with E-state index in [4.69, 9.17) is 4.74 Å². The molecule has 2 aliphatic rings. The molecule has 10 heteroatoms. The Morgan fingerprint density at radius 3 is 2.18 bits per heavy atom. The summed E-state index contributed by atoms with van der Waals surface area (Å²) in [4.78, 5) is 30.2. The zero-order chi connectivity index (χ0) is 27.4. The van der Waals surface area contributed by atoms with Crippen molar-refractivity contribution in [3.05, 3.63) is 70.8 Å². The van der Waals surface area contributed by atoms with E-state index < -0.39 is 27.8 Å². The Morgan fingerprint density at radius 1 is 1.00 bits per heavy atom. The van der Waals surface area contributed by atoms with Crippen LogP contribution in [0.3, 0.4) is 0 Å². The molecule has 2 aromatic carbocycles. The molecule has 38 heavy (non-hydrogen) atoms. The molecule has 0 aromatic heterocycles. The van der Waals surface area contributed by atoms with Gasteiger partial charge in [0.05, 0.1) is 29.7 Å². The highest BCUT2D eigenvalue weighted by molar-refractivity contribution is 7.89. The molecule has 0 bridgehead atoms. The van der Waals surface area contributed by atoms with Gasteiger partial charge in [-0.15, -0.1) is 0 Å². The molecular formula is C28H35N3O6S. The van der Waals surface area contributed by atoms with Crippen LogP contribution in [0.2, 0.25) is 0 Å². The van der Waals surface area contributed by atoms with Crippen molar-refractivity contribution in [2.75, 3.05) is 52.5 Å². The van der Waals surface area contributed by atoms with E-state index in [0.717, 1.165) is 24.2 Å². The first kappa shape index (κ1) is 28.0. The van der Waals surface area contributed by atoms with Crippen molar-refractivity contribution in [2.45, 2.75) is 31.7 Å². The van der Waals surface area contributed by atoms with Gasteiger partial charge in [-0.1, -0.05) is 43.7 Å². The van der Waals surface area contributed by atoms with Gasteiger partial charge in [-0.3, -0.25) is 9.59 Å². The average molecular weight is 542 g/mol. The van der Waals surface area contributed by atoms with Gasteiger partial charge in [-0.05, 0) is 49.8 Å². The van der Waals surface area contributed by atoms with Crippen molar-refractivity contribution >= 4 is 27.5 Å². The van der Waals surface area contributed by atoms with Gasteiger partial charge in [0, 0.05) is 31.7 Å². The number of sulfonamides is 1. The second kappa shape index (κ2) is 11.8. The normalized spacial score (nSPS) is 20.4. The van der Waals surface area contributed by atoms with E-state index in [-0.39, 0.29) is 34.9 Å². The van der Waals surface area contributed by atoms with Crippen molar-refractivity contribution in [3.63, 3.8) is 0 Å². The minimum Gasteiger partial charge on any atom is -0.507 e. The largest absolute Gasteiger partial charge is 0.507 e. The third kappa shape index (κ3) is 5.54. The van der Waals surface area contributed by atoms with Crippen LogP contribution in [0, 0.1) is 6.92 Å². The lowest BCUT2D eigenvalue weighted by Crippen LogP contribution is -2.40. The second-order valence-corrected chi connectivity index (χ2v) is 11.4. The van der Waals surface area contributed by atoms with Gasteiger partial charge in [-0.25, -0.2) is 8.42 Å². The molecule has 204 valence electrons. The van der Waals surface area contributed by atoms with Crippen molar-refractivity contribution < 1.29 is 27.9 Å². The summed E-state index contributed by atoms with van der Waals surface area (Å²) < 4.78 is 32.6. The summed E-state index contributed by atoms with van der Waals surface area (Å²) in [6.45, 7) is 9.81. The summed E-state index contributed by atoms with van der Waals surface area (Å²) in [6.07, 6.45) is 0. The number of Topliss-reactive ketones (excluding diaryl/α,β-unsaturated/α-hetero) is 1. The number of nitrogens with zero attached hydrogens (tertiary/aromatic N) is 3. The van der Waals surface area contributed by atoms with Crippen molar-refractivity contribution in [2.24, 2.45) is 0 Å². The molecule has 1 atom stereocenters. The van der Waals surface area contributed by atoms with Crippen LogP contribution in [0.5, 0.6) is 0 Å². The van der Waals surface area contributed by atoms with Gasteiger partial charge in [0.25, 0.3) is 11.7 Å². The molecule has 1 amide bonds. The molecule has 2 heterocycles. The summed E-state index contributed by atoms with van der Waals surface area (Å²) in [5.41, 5.74) is 2.03. The molecule has 1 N–H and O–H groups in total. The first-order chi connectivity index (χ1) is 18.2. The Balaban J connectivity index is 1.71. The van der Waals surface area contributed by atoms with E-state index in [2.05, 4.69) is 4.90 Å². The van der Waals surface area contributed by atoms with Gasteiger partial charge < -0.3 is 19.6 Å². The predicted octanol–water partition coefficient (Wildman–Crippen LogP) is 2.78. The van der Waals surface area contributed by atoms with E-state index in [1.165, 1.54) is 33.5 Å². The van der Waals surface area contributed by atoms with Crippen LogP contribution in [0.25, 0.3) is 5.76 Å². The number of carbonyl (C=O) groups excluding carboxylic acids is 2. The van der Waals surface area contributed by atoms with Gasteiger partial charge in [0.2, 0.25) is 10.0 Å². The van der Waals surface area contributed by atoms with Crippen molar-refractivity contribution in [3.8, 4) is 0 Å². The van der Waals surface area contributed by atoms with E-state index in [9.17, 15) is 23.1 Å². The standard InChI is InChI=1S/C28H35N3O6S/c1-4-29(5-2)14-15-31-25(21-8-6-20(3)7-9-21)24(27(33)28(31)34)26(32)22-10-12-23(13-11-22)38(35,36)30-16-18-37-19-17-30/h6-13,25,32H,4-5,14-19H2,1-3H3/t25-/m1/s1. The highest BCUT2D eigenvalue weighted by Crippen LogP contribution is 2.39. The molecule has 2 aliphatic heterocycles. The van der Waals surface area contributed by atoms with E-state index in [1.807, 2.05) is 45.0 Å². The number of aliphatic hydroxyl groups is 1. The fourth-order valence-corrected chi connectivity index (χ4v) is 6.28. The zero-order valence-corrected chi connectivity index (χ0v) is 22.9. The number of benzene rings is 2. The highest BCUT2D eigenvalue weighted by Gasteiger charge is 2.46. The first-order valence-corrected chi connectivity index (χ1v) is 14.4. The molecule has 2 saturated heterocycles. The highest BCUT2D eigenvalue weighted by atomic mass is 32.2. The summed E-state index contributed by atoms with van der Waals surface area (Å²) in [7, 11) is -3.71. The predicted molar refractivity (Wildman–Crippen MR) is 144 cm³/mol. The minimum atomic E-state index is -3.71. The third-order valence-corrected chi connectivity index (χ3v) is 9.13. The number of ketones is 1. The number of likely N-dealkylation sites (tertiary alicyclic amines) is 1. The van der Waals surface area contributed by atoms with E-state index in [0.29, 0.717) is 26.3 Å². The van der Waals surface area contributed by atoms with Crippen LogP contribution < -0.4 is 0 Å². The van der Waals surface area contributed by atoms with Gasteiger partial charge in [-0.2, -0.15) is 4.31 Å². The topological polar surface area (TPSA) is 107 Å². The Hall–Kier alpha value is -3.05. The summed E-state index contributed by atoms with van der Waals surface area (Å²) >= 11 is 0. The molecule has 0 saturated carbocycles. The Labute approximate surface area is 224 Å². The molecule has 0 spiro atoms. The number of amides is 1. The summed E-state index contributed by atoms with van der Waals surface area (Å²) in [5, 5.41) is 11.3. The van der Waals surface area contributed by atoms with Crippen molar-refractivity contribution in [1.29, 1.82) is 0 Å². The maximum absolute atomic E-state index is 13.3. The van der Waals surface area contributed by atoms with Crippen LogP contribution >= 0.6 is 0 Å². The van der Waals surface area contributed by atoms with Crippen LogP contribution in [-0.4, -0.2) is 91.8 Å². The minimum absolute atomic E-state index is 0.00202. The number of morpholine rings is 1. The number of carbonyl (C=O) groups is 2. The molecule has 2 fully saturated rings. The molecule has 0 aliphatic carbocycles. The maximum atomic E-state index is 13.3. The lowest BCUT2D eigenvalue weighted by atomic mass is 9.95. The van der Waals surface area contributed by atoms with Gasteiger partial charge in [0.15, 0.2) is 0 Å². The van der Waals surface area contributed by atoms with Crippen LogP contribution in [0.1, 0.15) is 36.6 Å². The van der Waals surface area contributed by atoms with Crippen LogP contribution in [0.4, 0.5) is 0 Å². The number of ether oxygens (including phenoxy) is 1. The van der Waals surface area contributed by atoms with Gasteiger partial charge in [0.1, 0.15) is 5.76 Å². The second-order valence-electron chi connectivity index (χ2n) is 9.47. The summed E-state index contributed by atoms with van der Waals surface area (Å²) in [6, 6.07) is 12.6. The fraction of sp³-hybridized carbons (Fsp3) is 0.429. The zero-order valence-electron chi connectivity index (χ0n) is 22.1. The number of hydrogen-bond donors (Lipinski definition) is 1. The first-order valence-electron chi connectivity index (χ1n) is 12.9. The number of aryl methyl sites for hydroxylation is 1. The quantitative estimate of drug-likeness (QED) is 0.296. The molecule has 0 unspecified atom stereocenters. The molecular weight excluding hydrogens is 506 g/mol. The molecule has 0 radical (unpaired) electrons. The molecule has 4 rings (SSSR count). The third-order valence-electron chi connectivity index (χ3n) is 7.22.